The van der Waals surface area contributed by atoms with Crippen LogP contribution in [0.1, 0.15) is 68.1 Å². The molecule has 0 bridgehead atoms. The molecule has 2 aliphatic rings. The van der Waals surface area contributed by atoms with E-state index < -0.39 is 11.2 Å². The first-order valence-corrected chi connectivity index (χ1v) is 10.6. The van der Waals surface area contributed by atoms with Gasteiger partial charge in [-0.1, -0.05) is 25.8 Å². The minimum atomic E-state index is -0.774. The molecule has 1 fully saturated rings. The van der Waals surface area contributed by atoms with Crippen LogP contribution in [0.15, 0.2) is 44.6 Å². The lowest BCUT2D eigenvalue weighted by molar-refractivity contribution is 0.00456. The van der Waals surface area contributed by atoms with Crippen molar-refractivity contribution in [3.05, 3.63) is 62.0 Å². The van der Waals surface area contributed by atoms with Gasteiger partial charge in [0.2, 0.25) is 0 Å². The Bertz CT molecular complexity index is 892. The predicted octanol–water partition coefficient (Wildman–Crippen LogP) is 5.46. The van der Waals surface area contributed by atoms with Gasteiger partial charge in [-0.05, 0) is 49.6 Å². The van der Waals surface area contributed by atoms with Gasteiger partial charge in [-0.15, -0.1) is 11.3 Å². The summed E-state index contributed by atoms with van der Waals surface area (Å²) in [7, 11) is 0. The van der Waals surface area contributed by atoms with Crippen molar-refractivity contribution in [2.45, 2.75) is 63.9 Å². The second kappa shape index (κ2) is 7.19. The highest BCUT2D eigenvalue weighted by Crippen LogP contribution is 2.49. The van der Waals surface area contributed by atoms with Crippen LogP contribution in [0.5, 0.6) is 5.75 Å². The van der Waals surface area contributed by atoms with Crippen molar-refractivity contribution in [3.63, 3.8) is 0 Å². The van der Waals surface area contributed by atoms with Crippen LogP contribution in [-0.2, 0) is 16.8 Å². The van der Waals surface area contributed by atoms with E-state index in [1.807, 2.05) is 24.4 Å². The molecule has 2 unspecified atom stereocenters. The fourth-order valence-electron chi connectivity index (χ4n) is 4.11. The van der Waals surface area contributed by atoms with Gasteiger partial charge in [0.1, 0.15) is 22.7 Å². The van der Waals surface area contributed by atoms with E-state index in [0.717, 1.165) is 37.9 Å². The van der Waals surface area contributed by atoms with E-state index >= 15 is 0 Å². The average molecular weight is 387 g/mol. The lowest BCUT2D eigenvalue weighted by Gasteiger charge is -2.30. The van der Waals surface area contributed by atoms with Gasteiger partial charge in [0.05, 0.1) is 5.76 Å². The maximum Gasteiger partial charge on any atom is 0.347 e. The van der Waals surface area contributed by atoms with Gasteiger partial charge in [-0.3, -0.25) is 0 Å². The maximum atomic E-state index is 13.0. The Balaban J connectivity index is 1.67. The summed E-state index contributed by atoms with van der Waals surface area (Å²) < 4.78 is 11.9. The number of hydrogen-bond donors (Lipinski definition) is 1. The van der Waals surface area contributed by atoms with E-state index in [0.29, 0.717) is 18.1 Å². The van der Waals surface area contributed by atoms with Crippen molar-refractivity contribution >= 4 is 11.3 Å². The summed E-state index contributed by atoms with van der Waals surface area (Å²) in [5, 5.41) is 12.9. The molecule has 2 aromatic heterocycles. The Labute approximate surface area is 163 Å². The zero-order valence-corrected chi connectivity index (χ0v) is 16.7. The highest BCUT2D eigenvalue weighted by Gasteiger charge is 2.46. The molecule has 0 saturated heterocycles. The van der Waals surface area contributed by atoms with Crippen LogP contribution < -0.4 is 5.63 Å². The number of thiophene rings is 1. The molecule has 3 heterocycles. The third kappa shape index (κ3) is 3.70. The second-order valence-electron chi connectivity index (χ2n) is 7.85. The SMILES string of the molecule is CCC(Cc1cccs1)c1cc(O)c(C2(CC3CC3)CC=C(C)O2)c(=O)o1. The molecule has 4 nitrogen and oxygen atoms in total. The van der Waals surface area contributed by atoms with E-state index in [1.54, 1.807) is 17.4 Å². The van der Waals surface area contributed by atoms with Gasteiger partial charge in [0.15, 0.2) is 0 Å². The summed E-state index contributed by atoms with van der Waals surface area (Å²) in [6.45, 7) is 3.97. The molecule has 0 aromatic carbocycles. The Morgan fingerprint density at radius 1 is 1.41 bits per heavy atom. The summed E-state index contributed by atoms with van der Waals surface area (Å²) in [5.74, 6) is 2.00. The van der Waals surface area contributed by atoms with E-state index in [-0.39, 0.29) is 17.2 Å². The van der Waals surface area contributed by atoms with Crippen molar-refractivity contribution in [2.75, 3.05) is 0 Å². The van der Waals surface area contributed by atoms with Crippen molar-refractivity contribution in [1.82, 2.24) is 0 Å². The lowest BCUT2D eigenvalue weighted by Crippen LogP contribution is -2.32. The first-order chi connectivity index (χ1) is 13.0. The van der Waals surface area contributed by atoms with Gasteiger partial charge >= 0.3 is 5.63 Å². The smallest absolute Gasteiger partial charge is 0.347 e. The fraction of sp³-hybridized carbons (Fsp3) is 0.500. The van der Waals surface area contributed by atoms with Crippen molar-refractivity contribution in [1.29, 1.82) is 0 Å². The quantitative estimate of drug-likeness (QED) is 0.686. The molecule has 0 spiro atoms. The minimum absolute atomic E-state index is 0.00892. The van der Waals surface area contributed by atoms with Crippen molar-refractivity contribution in [3.8, 4) is 5.75 Å². The van der Waals surface area contributed by atoms with Crippen molar-refractivity contribution in [2.24, 2.45) is 5.92 Å². The fourth-order valence-corrected chi connectivity index (χ4v) is 4.89. The van der Waals surface area contributed by atoms with Gasteiger partial charge in [0, 0.05) is 23.3 Å². The summed E-state index contributed by atoms with van der Waals surface area (Å²) in [6.07, 6.45) is 7.33. The van der Waals surface area contributed by atoms with E-state index in [9.17, 15) is 9.90 Å². The zero-order valence-electron chi connectivity index (χ0n) is 15.9. The van der Waals surface area contributed by atoms with Gasteiger partial charge in [0.25, 0.3) is 0 Å². The first kappa shape index (κ1) is 18.4. The Morgan fingerprint density at radius 2 is 2.22 bits per heavy atom. The summed E-state index contributed by atoms with van der Waals surface area (Å²) in [4.78, 5) is 14.2. The molecule has 1 N–H and O–H groups in total. The highest BCUT2D eigenvalue weighted by molar-refractivity contribution is 7.09. The predicted molar refractivity (Wildman–Crippen MR) is 106 cm³/mol. The topological polar surface area (TPSA) is 59.7 Å². The third-order valence-electron chi connectivity index (χ3n) is 5.72. The van der Waals surface area contributed by atoms with Crippen LogP contribution >= 0.6 is 11.3 Å². The standard InChI is InChI=1S/C22H26O4S/c1-3-16(11-17-5-4-10-27-17)19-12-18(23)20(21(24)25-19)22(13-15-6-7-15)9-8-14(2)26-22/h4-5,8,10,12,15-16,23H,3,6-7,9,11,13H2,1-2H3. The molecular formula is C22H26O4S. The molecule has 2 aromatic rings. The number of rotatable bonds is 7. The monoisotopic (exact) mass is 386 g/mol. The van der Waals surface area contributed by atoms with E-state index in [4.69, 9.17) is 9.15 Å². The molecule has 1 aliphatic heterocycles. The average Bonchev–Trinajstić information content (AvgIpc) is 3.13. The van der Waals surface area contributed by atoms with Gasteiger partial charge in [-0.25, -0.2) is 4.79 Å². The number of hydrogen-bond acceptors (Lipinski definition) is 5. The summed E-state index contributed by atoms with van der Waals surface area (Å²) in [6, 6.07) is 5.76. The summed E-state index contributed by atoms with van der Waals surface area (Å²) in [5.41, 5.74) is -0.945. The molecule has 27 heavy (non-hydrogen) atoms. The minimum Gasteiger partial charge on any atom is -0.507 e. The molecule has 2 atom stereocenters. The number of allylic oxidation sites excluding steroid dienone is 1. The van der Waals surface area contributed by atoms with Gasteiger partial charge < -0.3 is 14.3 Å². The van der Waals surface area contributed by atoms with E-state index in [1.165, 1.54) is 4.88 Å². The molecule has 4 rings (SSSR count). The van der Waals surface area contributed by atoms with Gasteiger partial charge in [-0.2, -0.15) is 0 Å². The molecule has 1 aliphatic carbocycles. The van der Waals surface area contributed by atoms with Crippen molar-refractivity contribution < 1.29 is 14.3 Å². The van der Waals surface area contributed by atoms with Crippen LogP contribution in [-0.4, -0.2) is 5.11 Å². The van der Waals surface area contributed by atoms with Crippen LogP contribution in [0.25, 0.3) is 0 Å². The lowest BCUT2D eigenvalue weighted by atomic mass is 9.86. The number of aromatic hydroxyl groups is 1. The third-order valence-corrected chi connectivity index (χ3v) is 6.62. The molecule has 144 valence electrons. The van der Waals surface area contributed by atoms with Crippen LogP contribution in [0.2, 0.25) is 0 Å². The zero-order chi connectivity index (χ0) is 19.0. The molecular weight excluding hydrogens is 360 g/mol. The second-order valence-corrected chi connectivity index (χ2v) is 8.88. The first-order valence-electron chi connectivity index (χ1n) is 9.76. The van der Waals surface area contributed by atoms with Crippen LogP contribution in [0.3, 0.4) is 0 Å². The Hall–Kier alpha value is -2.01. The molecule has 1 saturated carbocycles. The van der Waals surface area contributed by atoms with Crippen LogP contribution in [0.4, 0.5) is 0 Å². The van der Waals surface area contributed by atoms with E-state index in [2.05, 4.69) is 13.0 Å². The Kier molecular flexibility index (Phi) is 4.89. The largest absolute Gasteiger partial charge is 0.507 e. The number of ether oxygens (including phenoxy) is 1. The Morgan fingerprint density at radius 3 is 2.78 bits per heavy atom. The molecule has 0 radical (unpaired) electrons. The summed E-state index contributed by atoms with van der Waals surface area (Å²) >= 11 is 1.70. The highest BCUT2D eigenvalue weighted by atomic mass is 32.1. The molecule has 0 amide bonds. The maximum absolute atomic E-state index is 13.0. The molecule has 5 heteroatoms. The van der Waals surface area contributed by atoms with Crippen LogP contribution in [0, 0.1) is 5.92 Å². The normalized spacial score (nSPS) is 23.1.